The number of halogens is 1. The van der Waals surface area contributed by atoms with Crippen molar-refractivity contribution in [2.45, 2.75) is 19.1 Å². The van der Waals surface area contributed by atoms with Crippen LogP contribution >= 0.6 is 24.0 Å². The summed E-state index contributed by atoms with van der Waals surface area (Å²) in [6, 6.07) is 0.496. The van der Waals surface area contributed by atoms with E-state index in [0.29, 0.717) is 12.6 Å². The van der Waals surface area contributed by atoms with Gasteiger partial charge in [0.15, 0.2) is 5.96 Å². The lowest BCUT2D eigenvalue weighted by molar-refractivity contribution is -0.00815. The summed E-state index contributed by atoms with van der Waals surface area (Å²) >= 11 is 0. The normalized spacial score (nSPS) is 23.8. The number of nitrogens with one attached hydrogen (secondary N) is 1. The van der Waals surface area contributed by atoms with Gasteiger partial charge in [-0.1, -0.05) is 0 Å². The SMILES string of the molecule is CN=C(NCC(C)N1CCN(C)CC1)N1CCOC(c2cnn(C)c2)C1.I. The molecular formula is C18H34IN7O. The molecule has 2 unspecified atom stereocenters. The first-order valence-corrected chi connectivity index (χ1v) is 9.55. The molecule has 2 atom stereocenters. The predicted molar refractivity (Wildman–Crippen MR) is 119 cm³/mol. The van der Waals surface area contributed by atoms with Gasteiger partial charge in [0.1, 0.15) is 6.10 Å². The van der Waals surface area contributed by atoms with Crippen LogP contribution in [0.4, 0.5) is 0 Å². The number of aromatic nitrogens is 2. The number of hydrogen-bond donors (Lipinski definition) is 1. The molecule has 0 spiro atoms. The van der Waals surface area contributed by atoms with Crippen molar-refractivity contribution in [2.24, 2.45) is 12.0 Å². The number of rotatable bonds is 4. The van der Waals surface area contributed by atoms with E-state index in [1.807, 2.05) is 31.2 Å². The molecule has 1 N–H and O–H groups in total. The number of piperazine rings is 1. The molecule has 1 aromatic heterocycles. The van der Waals surface area contributed by atoms with Crippen LogP contribution in [0, 0.1) is 0 Å². The lowest BCUT2D eigenvalue weighted by atomic mass is 10.1. The molecule has 3 heterocycles. The van der Waals surface area contributed by atoms with Gasteiger partial charge < -0.3 is 19.9 Å². The summed E-state index contributed by atoms with van der Waals surface area (Å²) in [6.45, 7) is 10.1. The Kier molecular flexibility index (Phi) is 8.77. The molecule has 2 aliphatic heterocycles. The third-order valence-electron chi connectivity index (χ3n) is 5.39. The fraction of sp³-hybridized carbons (Fsp3) is 0.778. The van der Waals surface area contributed by atoms with Crippen LogP contribution < -0.4 is 5.32 Å². The smallest absolute Gasteiger partial charge is 0.193 e. The average molecular weight is 491 g/mol. The monoisotopic (exact) mass is 491 g/mol. The summed E-state index contributed by atoms with van der Waals surface area (Å²) in [5, 5.41) is 7.83. The van der Waals surface area contributed by atoms with Crippen molar-refractivity contribution < 1.29 is 4.74 Å². The average Bonchev–Trinajstić information content (AvgIpc) is 3.09. The van der Waals surface area contributed by atoms with Crippen molar-refractivity contribution in [1.29, 1.82) is 0 Å². The highest BCUT2D eigenvalue weighted by Gasteiger charge is 2.26. The number of morpholine rings is 1. The predicted octanol–water partition coefficient (Wildman–Crippen LogP) is 0.623. The Morgan fingerprint density at radius 3 is 2.67 bits per heavy atom. The van der Waals surface area contributed by atoms with Crippen LogP contribution in [0.25, 0.3) is 0 Å². The minimum atomic E-state index is 0. The highest BCUT2D eigenvalue weighted by atomic mass is 127. The maximum atomic E-state index is 5.94. The van der Waals surface area contributed by atoms with Gasteiger partial charge in [-0.15, -0.1) is 24.0 Å². The molecule has 0 saturated carbocycles. The van der Waals surface area contributed by atoms with Gasteiger partial charge in [0.25, 0.3) is 0 Å². The Balaban J connectivity index is 0.00000261. The second-order valence-corrected chi connectivity index (χ2v) is 7.37. The zero-order valence-corrected chi connectivity index (χ0v) is 19.3. The van der Waals surface area contributed by atoms with E-state index >= 15 is 0 Å². The summed E-state index contributed by atoms with van der Waals surface area (Å²) in [5.74, 6) is 0.961. The van der Waals surface area contributed by atoms with Crippen molar-refractivity contribution in [3.8, 4) is 0 Å². The maximum Gasteiger partial charge on any atom is 0.193 e. The molecule has 27 heavy (non-hydrogen) atoms. The van der Waals surface area contributed by atoms with E-state index in [1.165, 1.54) is 0 Å². The molecule has 2 saturated heterocycles. The number of guanidine groups is 1. The highest BCUT2D eigenvalue weighted by Crippen LogP contribution is 2.21. The van der Waals surface area contributed by atoms with Crippen molar-refractivity contribution in [3.05, 3.63) is 18.0 Å². The van der Waals surface area contributed by atoms with Crippen molar-refractivity contribution in [3.63, 3.8) is 0 Å². The van der Waals surface area contributed by atoms with E-state index in [9.17, 15) is 0 Å². The largest absolute Gasteiger partial charge is 0.370 e. The second-order valence-electron chi connectivity index (χ2n) is 7.37. The van der Waals surface area contributed by atoms with E-state index in [1.54, 1.807) is 0 Å². The highest BCUT2D eigenvalue weighted by molar-refractivity contribution is 14.0. The zero-order valence-electron chi connectivity index (χ0n) is 17.0. The second kappa shape index (κ2) is 10.6. The Morgan fingerprint density at radius 1 is 1.30 bits per heavy atom. The number of ether oxygens (including phenoxy) is 1. The lowest BCUT2D eigenvalue weighted by Crippen LogP contribution is -2.54. The first kappa shape index (κ1) is 22.4. The molecule has 2 aliphatic rings. The molecule has 0 bridgehead atoms. The summed E-state index contributed by atoms with van der Waals surface area (Å²) in [7, 11) is 5.99. The van der Waals surface area contributed by atoms with Crippen molar-refractivity contribution >= 4 is 29.9 Å². The molecule has 2 fully saturated rings. The molecular weight excluding hydrogens is 457 g/mol. The van der Waals surface area contributed by atoms with Gasteiger partial charge in [0.05, 0.1) is 19.3 Å². The molecule has 0 aliphatic carbocycles. The molecule has 1 aromatic rings. The van der Waals surface area contributed by atoms with Crippen LogP contribution in [-0.2, 0) is 11.8 Å². The topological polar surface area (TPSA) is 61.2 Å². The number of hydrogen-bond acceptors (Lipinski definition) is 5. The van der Waals surface area contributed by atoms with E-state index in [0.717, 1.165) is 57.3 Å². The van der Waals surface area contributed by atoms with Gasteiger partial charge in [0, 0.05) is 71.2 Å². The summed E-state index contributed by atoms with van der Waals surface area (Å²) in [5.41, 5.74) is 1.12. The van der Waals surface area contributed by atoms with E-state index in [4.69, 9.17) is 4.74 Å². The van der Waals surface area contributed by atoms with Crippen LogP contribution in [-0.4, -0.2) is 103 Å². The minimum absolute atomic E-state index is 0. The van der Waals surface area contributed by atoms with Gasteiger partial charge in [-0.25, -0.2) is 0 Å². The molecule has 3 rings (SSSR count). The summed E-state index contributed by atoms with van der Waals surface area (Å²) < 4.78 is 7.76. The molecule has 0 aromatic carbocycles. The number of aryl methyl sites for hydroxylation is 1. The Bertz CT molecular complexity index is 600. The quantitative estimate of drug-likeness (QED) is 0.379. The Labute approximate surface area is 179 Å². The number of nitrogens with zero attached hydrogens (tertiary/aromatic N) is 6. The third-order valence-corrected chi connectivity index (χ3v) is 5.39. The van der Waals surface area contributed by atoms with E-state index in [-0.39, 0.29) is 30.1 Å². The van der Waals surface area contributed by atoms with Gasteiger partial charge in [-0.3, -0.25) is 14.6 Å². The summed E-state index contributed by atoms with van der Waals surface area (Å²) in [6.07, 6.45) is 3.96. The lowest BCUT2D eigenvalue weighted by Gasteiger charge is -2.38. The van der Waals surface area contributed by atoms with Crippen LogP contribution in [0.2, 0.25) is 0 Å². The van der Waals surface area contributed by atoms with Gasteiger partial charge in [0.2, 0.25) is 0 Å². The van der Waals surface area contributed by atoms with Gasteiger partial charge in [-0.05, 0) is 14.0 Å². The molecule has 0 amide bonds. The third kappa shape index (κ3) is 6.03. The van der Waals surface area contributed by atoms with Crippen molar-refractivity contribution in [2.75, 3.05) is 66.5 Å². The molecule has 154 valence electrons. The molecule has 8 nitrogen and oxygen atoms in total. The van der Waals surface area contributed by atoms with Gasteiger partial charge in [-0.2, -0.15) is 5.10 Å². The zero-order chi connectivity index (χ0) is 18.5. The maximum absolute atomic E-state index is 5.94. The molecule has 0 radical (unpaired) electrons. The fourth-order valence-electron chi connectivity index (χ4n) is 3.61. The standard InChI is InChI=1S/C18H33N7O.HI/c1-15(24-7-5-22(3)6-8-24)11-20-18(19-2)25-9-10-26-17(14-25)16-12-21-23(4)13-16;/h12-13,15,17H,5-11,14H2,1-4H3,(H,19,20);1H. The van der Waals surface area contributed by atoms with Crippen LogP contribution in [0.3, 0.4) is 0 Å². The van der Waals surface area contributed by atoms with Crippen LogP contribution in [0.5, 0.6) is 0 Å². The first-order chi connectivity index (χ1) is 12.6. The fourth-order valence-corrected chi connectivity index (χ4v) is 3.61. The van der Waals surface area contributed by atoms with Crippen LogP contribution in [0.15, 0.2) is 17.4 Å². The number of aliphatic imine (C=N–C) groups is 1. The van der Waals surface area contributed by atoms with E-state index in [2.05, 4.69) is 44.1 Å². The first-order valence-electron chi connectivity index (χ1n) is 9.55. The number of likely N-dealkylation sites (N-methyl/N-ethyl adjacent to an activating group) is 1. The van der Waals surface area contributed by atoms with Crippen molar-refractivity contribution in [1.82, 2.24) is 29.8 Å². The summed E-state index contributed by atoms with van der Waals surface area (Å²) in [4.78, 5) is 11.7. The minimum Gasteiger partial charge on any atom is -0.370 e. The Hall–Kier alpha value is -0.910. The molecule has 9 heteroatoms. The van der Waals surface area contributed by atoms with Crippen LogP contribution in [0.1, 0.15) is 18.6 Å². The Morgan fingerprint density at radius 2 is 2.04 bits per heavy atom. The van der Waals surface area contributed by atoms with E-state index < -0.39 is 0 Å². The van der Waals surface area contributed by atoms with Gasteiger partial charge >= 0.3 is 0 Å².